The highest BCUT2D eigenvalue weighted by Gasteiger charge is 2.29. The number of carbonyl (C=O) groups excluding carboxylic acids is 4. The monoisotopic (exact) mass is 435 g/mol. The Bertz CT molecular complexity index is 602. The van der Waals surface area contributed by atoms with Crippen LogP contribution in [0.5, 0.6) is 0 Å². The molecule has 0 aromatic rings. The summed E-state index contributed by atoms with van der Waals surface area (Å²) in [6.45, 7) is 0.583. The molecule has 4 amide bonds. The van der Waals surface area contributed by atoms with E-state index in [-0.39, 0.29) is 19.3 Å². The predicted molar refractivity (Wildman–Crippen MR) is 106 cm³/mol. The van der Waals surface area contributed by atoms with Gasteiger partial charge >= 0.3 is 5.97 Å². The smallest absolute Gasteiger partial charge is 0.326 e. The van der Waals surface area contributed by atoms with Gasteiger partial charge in [-0.3, -0.25) is 19.2 Å². The number of nitrogens with two attached hydrogens (primary N) is 2. The van der Waals surface area contributed by atoms with Gasteiger partial charge in [0.25, 0.3) is 0 Å². The lowest BCUT2D eigenvalue weighted by molar-refractivity contribution is -0.142. The Morgan fingerprint density at radius 2 is 1.45 bits per heavy atom. The quantitative estimate of drug-likeness (QED) is 0.147. The van der Waals surface area contributed by atoms with Gasteiger partial charge in [-0.05, 0) is 31.8 Å². The number of aliphatic hydroxyl groups excluding tert-OH is 1. The van der Waals surface area contributed by atoms with Crippen LogP contribution in [0.25, 0.3) is 0 Å². The zero-order chi connectivity index (χ0) is 22.6. The zero-order valence-corrected chi connectivity index (χ0v) is 17.2. The summed E-state index contributed by atoms with van der Waals surface area (Å²) < 4.78 is 0. The molecule has 0 radical (unpaired) electrons. The first-order valence-corrected chi connectivity index (χ1v) is 10.2. The van der Waals surface area contributed by atoms with Crippen LogP contribution in [0.3, 0.4) is 0 Å². The summed E-state index contributed by atoms with van der Waals surface area (Å²) in [4.78, 5) is 58.7. The normalized spacial score (nSPS) is 14.8. The maximum absolute atomic E-state index is 12.4. The number of hydrogen-bond donors (Lipinski definition) is 7. The second-order valence-corrected chi connectivity index (χ2v) is 7.27. The van der Waals surface area contributed by atoms with Crippen LogP contribution >= 0.6 is 11.8 Å². The largest absolute Gasteiger partial charge is 0.480 e. The van der Waals surface area contributed by atoms with Crippen LogP contribution in [0, 0.1) is 0 Å². The number of primary amides is 1. The van der Waals surface area contributed by atoms with E-state index >= 15 is 0 Å². The predicted octanol–water partition coefficient (Wildman–Crippen LogP) is -3.12. The van der Waals surface area contributed by atoms with E-state index in [9.17, 15) is 29.1 Å². The van der Waals surface area contributed by atoms with E-state index in [0.29, 0.717) is 5.75 Å². The Hall–Kier alpha value is -2.38. The summed E-state index contributed by atoms with van der Waals surface area (Å²) in [7, 11) is 0. The van der Waals surface area contributed by atoms with Crippen LogP contribution in [-0.4, -0.2) is 82.6 Å². The Kier molecular flexibility index (Phi) is 12.6. The van der Waals surface area contributed by atoms with Gasteiger partial charge in [0.2, 0.25) is 23.6 Å². The van der Waals surface area contributed by atoms with Crippen LogP contribution in [-0.2, 0) is 24.0 Å². The average molecular weight is 436 g/mol. The molecule has 29 heavy (non-hydrogen) atoms. The molecular weight excluding hydrogens is 406 g/mol. The molecule has 4 atom stereocenters. The van der Waals surface area contributed by atoms with Gasteiger partial charge in [0.1, 0.15) is 18.1 Å². The number of carbonyl (C=O) groups is 5. The van der Waals surface area contributed by atoms with Crippen LogP contribution in [0.4, 0.5) is 0 Å². The number of aliphatic hydroxyl groups is 1. The molecule has 166 valence electrons. The van der Waals surface area contributed by atoms with Crippen molar-refractivity contribution in [3.05, 3.63) is 0 Å². The highest BCUT2D eigenvalue weighted by molar-refractivity contribution is 7.98. The number of aliphatic carboxylic acids is 1. The lowest BCUT2D eigenvalue weighted by Gasteiger charge is -2.23. The molecule has 9 N–H and O–H groups in total. The van der Waals surface area contributed by atoms with Gasteiger partial charge in [0.15, 0.2) is 0 Å². The van der Waals surface area contributed by atoms with E-state index in [0.717, 1.165) is 0 Å². The summed E-state index contributed by atoms with van der Waals surface area (Å²) in [5.41, 5.74) is 10.5. The minimum absolute atomic E-state index is 0.148. The van der Waals surface area contributed by atoms with Crippen molar-refractivity contribution < 1.29 is 34.2 Å². The van der Waals surface area contributed by atoms with Crippen molar-refractivity contribution in [1.29, 1.82) is 0 Å². The van der Waals surface area contributed by atoms with Crippen molar-refractivity contribution in [3.8, 4) is 0 Å². The molecule has 4 unspecified atom stereocenters. The second kappa shape index (κ2) is 13.7. The number of nitrogens with one attached hydrogen (secondary N) is 3. The highest BCUT2D eigenvalue weighted by Crippen LogP contribution is 2.03. The van der Waals surface area contributed by atoms with Gasteiger partial charge in [0, 0.05) is 6.42 Å². The van der Waals surface area contributed by atoms with Gasteiger partial charge in [0.05, 0.1) is 12.6 Å². The SMILES string of the molecule is CSCCC(NC(=O)C(CO)NC(=O)C(CCC(N)=O)NC(=O)C(C)N)C(=O)O. The molecule has 0 aliphatic rings. The first-order chi connectivity index (χ1) is 13.5. The van der Waals surface area contributed by atoms with Crippen molar-refractivity contribution >= 4 is 41.4 Å². The molecule has 0 fully saturated rings. The minimum atomic E-state index is -1.46. The van der Waals surface area contributed by atoms with Crippen LogP contribution in [0.1, 0.15) is 26.2 Å². The van der Waals surface area contributed by atoms with Gasteiger partial charge < -0.3 is 37.6 Å². The molecule has 0 heterocycles. The Morgan fingerprint density at radius 1 is 0.931 bits per heavy atom. The molecule has 0 saturated heterocycles. The van der Waals surface area contributed by atoms with Crippen molar-refractivity contribution in [2.45, 2.75) is 50.4 Å². The van der Waals surface area contributed by atoms with E-state index < -0.39 is 60.4 Å². The lowest BCUT2D eigenvalue weighted by Crippen LogP contribution is -2.58. The topological polar surface area (TPSA) is 214 Å². The van der Waals surface area contributed by atoms with Crippen molar-refractivity contribution in [3.63, 3.8) is 0 Å². The molecule has 0 aliphatic heterocycles. The van der Waals surface area contributed by atoms with E-state index in [1.807, 2.05) is 0 Å². The number of thioether (sulfide) groups is 1. The number of amides is 4. The fraction of sp³-hybridized carbons (Fsp3) is 0.688. The van der Waals surface area contributed by atoms with Crippen LogP contribution in [0.15, 0.2) is 0 Å². The molecule has 12 nitrogen and oxygen atoms in total. The van der Waals surface area contributed by atoms with Crippen LogP contribution < -0.4 is 27.4 Å². The Morgan fingerprint density at radius 3 is 1.90 bits per heavy atom. The summed E-state index contributed by atoms with van der Waals surface area (Å²) >= 11 is 1.40. The van der Waals surface area contributed by atoms with E-state index in [4.69, 9.17) is 16.6 Å². The van der Waals surface area contributed by atoms with E-state index in [1.165, 1.54) is 18.7 Å². The molecule has 0 aliphatic carbocycles. The van der Waals surface area contributed by atoms with Crippen LogP contribution in [0.2, 0.25) is 0 Å². The van der Waals surface area contributed by atoms with E-state index in [1.54, 1.807) is 6.26 Å². The second-order valence-electron chi connectivity index (χ2n) is 6.28. The van der Waals surface area contributed by atoms with Crippen molar-refractivity contribution in [2.75, 3.05) is 18.6 Å². The third-order valence-electron chi connectivity index (χ3n) is 3.77. The van der Waals surface area contributed by atoms with Gasteiger partial charge in [-0.1, -0.05) is 0 Å². The summed E-state index contributed by atoms with van der Waals surface area (Å²) in [6, 6.07) is -4.80. The third-order valence-corrected chi connectivity index (χ3v) is 4.41. The van der Waals surface area contributed by atoms with Crippen molar-refractivity contribution in [1.82, 2.24) is 16.0 Å². The molecule has 0 aromatic carbocycles. The van der Waals surface area contributed by atoms with Gasteiger partial charge in [-0.25, -0.2) is 4.79 Å². The fourth-order valence-electron chi connectivity index (χ4n) is 2.09. The fourth-order valence-corrected chi connectivity index (χ4v) is 2.56. The molecule has 0 spiro atoms. The Balaban J connectivity index is 5.14. The number of hydrogen-bond acceptors (Lipinski definition) is 8. The number of rotatable bonds is 14. The summed E-state index contributed by atoms with van der Waals surface area (Å²) in [5.74, 6) is -3.90. The first-order valence-electron chi connectivity index (χ1n) is 8.81. The van der Waals surface area contributed by atoms with Gasteiger partial charge in [-0.2, -0.15) is 11.8 Å². The number of carboxylic acid groups (broad SMARTS) is 1. The zero-order valence-electron chi connectivity index (χ0n) is 16.3. The number of carboxylic acids is 1. The van der Waals surface area contributed by atoms with E-state index in [2.05, 4.69) is 16.0 Å². The molecule has 13 heteroatoms. The maximum Gasteiger partial charge on any atom is 0.326 e. The van der Waals surface area contributed by atoms with Gasteiger partial charge in [-0.15, -0.1) is 0 Å². The molecule has 0 rings (SSSR count). The van der Waals surface area contributed by atoms with Crippen molar-refractivity contribution in [2.24, 2.45) is 11.5 Å². The molecule has 0 bridgehead atoms. The highest BCUT2D eigenvalue weighted by atomic mass is 32.2. The molecule has 0 aromatic heterocycles. The first kappa shape index (κ1) is 26.6. The minimum Gasteiger partial charge on any atom is -0.480 e. The Labute approximate surface area is 172 Å². The average Bonchev–Trinajstić information content (AvgIpc) is 2.65. The molecular formula is C16H29N5O7S. The third kappa shape index (κ3) is 10.7. The summed E-state index contributed by atoms with van der Waals surface area (Å²) in [5, 5.41) is 25.4. The molecule has 0 saturated carbocycles. The standard InChI is InChI=1S/C16H29N5O7S/c1-8(17)13(24)19-9(3-4-12(18)23)14(25)21-11(7-22)15(26)20-10(16(27)28)5-6-29-2/h8-11,22H,3-7,17H2,1-2H3,(H2,18,23)(H,19,24)(H,20,26)(H,21,25)(H,27,28). The summed E-state index contributed by atoms with van der Waals surface area (Å²) in [6.07, 6.45) is 1.56. The maximum atomic E-state index is 12.4. The lowest BCUT2D eigenvalue weighted by atomic mass is 10.1.